The fourth-order valence-electron chi connectivity index (χ4n) is 3.77. The lowest BCUT2D eigenvalue weighted by molar-refractivity contribution is 0.145. The fraction of sp³-hybridized carbons (Fsp3) is 0.647. The summed E-state index contributed by atoms with van der Waals surface area (Å²) in [5.41, 5.74) is 1.16. The summed E-state index contributed by atoms with van der Waals surface area (Å²) in [5.74, 6) is 1.57. The standard InChI is InChI=1S/C17H26N2O2/c1-21-17-7-6-13(10-16(17)20)11-19-9-3-4-14(12-19)15-5-2-8-18-15/h6-7,10,14-15,18,20H,2-5,8-9,11-12H2,1H3. The Morgan fingerprint density at radius 3 is 2.95 bits per heavy atom. The van der Waals surface area contributed by atoms with Crippen LogP contribution in [0.4, 0.5) is 0 Å². The molecule has 0 aliphatic carbocycles. The van der Waals surface area contributed by atoms with E-state index in [4.69, 9.17) is 4.74 Å². The molecule has 2 saturated heterocycles. The van der Waals surface area contributed by atoms with Gasteiger partial charge in [-0.15, -0.1) is 0 Å². The highest BCUT2D eigenvalue weighted by Crippen LogP contribution is 2.29. The Bertz CT molecular complexity index is 472. The third-order valence-electron chi connectivity index (χ3n) is 4.86. The number of piperidine rings is 1. The van der Waals surface area contributed by atoms with Crippen molar-refractivity contribution in [2.75, 3.05) is 26.7 Å². The molecule has 0 saturated carbocycles. The molecule has 2 aliphatic heterocycles. The predicted molar refractivity (Wildman–Crippen MR) is 83.7 cm³/mol. The van der Waals surface area contributed by atoms with E-state index in [-0.39, 0.29) is 5.75 Å². The van der Waals surface area contributed by atoms with Crippen molar-refractivity contribution in [2.45, 2.75) is 38.3 Å². The summed E-state index contributed by atoms with van der Waals surface area (Å²) in [6.45, 7) is 4.44. The molecule has 3 rings (SSSR count). The average molecular weight is 290 g/mol. The van der Waals surface area contributed by atoms with E-state index in [1.165, 1.54) is 38.8 Å². The first kappa shape index (κ1) is 14.7. The number of likely N-dealkylation sites (tertiary alicyclic amines) is 1. The van der Waals surface area contributed by atoms with Crippen molar-refractivity contribution >= 4 is 0 Å². The molecule has 2 fully saturated rings. The van der Waals surface area contributed by atoms with Crippen LogP contribution in [-0.4, -0.2) is 42.8 Å². The number of hydrogen-bond acceptors (Lipinski definition) is 4. The maximum atomic E-state index is 9.89. The van der Waals surface area contributed by atoms with E-state index in [1.54, 1.807) is 7.11 Å². The molecule has 1 aromatic carbocycles. The maximum absolute atomic E-state index is 9.89. The van der Waals surface area contributed by atoms with Crippen LogP contribution >= 0.6 is 0 Å². The second kappa shape index (κ2) is 6.67. The number of phenolic OH excluding ortho intramolecular Hbond substituents is 1. The van der Waals surface area contributed by atoms with Crippen molar-refractivity contribution < 1.29 is 9.84 Å². The molecule has 21 heavy (non-hydrogen) atoms. The molecular weight excluding hydrogens is 264 g/mol. The molecule has 4 nitrogen and oxygen atoms in total. The number of nitrogens with zero attached hydrogens (tertiary/aromatic N) is 1. The van der Waals surface area contributed by atoms with E-state index < -0.39 is 0 Å². The predicted octanol–water partition coefficient (Wildman–Crippen LogP) is 2.36. The quantitative estimate of drug-likeness (QED) is 0.893. The molecule has 2 heterocycles. The smallest absolute Gasteiger partial charge is 0.160 e. The zero-order chi connectivity index (χ0) is 14.7. The summed E-state index contributed by atoms with van der Waals surface area (Å²) in [5, 5.41) is 13.5. The van der Waals surface area contributed by atoms with E-state index in [2.05, 4.69) is 16.3 Å². The first-order valence-electron chi connectivity index (χ1n) is 8.08. The molecule has 0 radical (unpaired) electrons. The van der Waals surface area contributed by atoms with Crippen LogP contribution < -0.4 is 10.1 Å². The number of hydrogen-bond donors (Lipinski definition) is 2. The molecule has 0 amide bonds. The Labute approximate surface area is 127 Å². The minimum absolute atomic E-state index is 0.237. The number of benzene rings is 1. The van der Waals surface area contributed by atoms with E-state index in [1.807, 2.05) is 12.1 Å². The number of rotatable bonds is 4. The van der Waals surface area contributed by atoms with E-state index in [9.17, 15) is 5.11 Å². The van der Waals surface area contributed by atoms with Gasteiger partial charge < -0.3 is 15.2 Å². The van der Waals surface area contributed by atoms with Crippen LogP contribution in [0.25, 0.3) is 0 Å². The Morgan fingerprint density at radius 2 is 2.24 bits per heavy atom. The minimum Gasteiger partial charge on any atom is -0.504 e. The SMILES string of the molecule is COc1ccc(CN2CCCC(C3CCCN3)C2)cc1O. The van der Waals surface area contributed by atoms with Gasteiger partial charge in [-0.3, -0.25) is 4.90 Å². The largest absolute Gasteiger partial charge is 0.504 e. The highest BCUT2D eigenvalue weighted by molar-refractivity contribution is 5.41. The van der Waals surface area contributed by atoms with Crippen LogP contribution in [0.15, 0.2) is 18.2 Å². The molecule has 1 aromatic rings. The van der Waals surface area contributed by atoms with E-state index in [0.717, 1.165) is 30.6 Å². The minimum atomic E-state index is 0.237. The normalized spacial score (nSPS) is 26.9. The molecule has 2 atom stereocenters. The van der Waals surface area contributed by atoms with Crippen LogP contribution in [0.3, 0.4) is 0 Å². The number of methoxy groups -OCH3 is 1. The van der Waals surface area contributed by atoms with Gasteiger partial charge in [0, 0.05) is 19.1 Å². The van der Waals surface area contributed by atoms with E-state index in [0.29, 0.717) is 5.75 Å². The van der Waals surface area contributed by atoms with Gasteiger partial charge in [-0.25, -0.2) is 0 Å². The number of ether oxygens (including phenoxy) is 1. The highest BCUT2D eigenvalue weighted by Gasteiger charge is 2.28. The fourth-order valence-corrected chi connectivity index (χ4v) is 3.77. The van der Waals surface area contributed by atoms with Crippen molar-refractivity contribution in [3.63, 3.8) is 0 Å². The van der Waals surface area contributed by atoms with Gasteiger partial charge in [-0.1, -0.05) is 6.07 Å². The molecule has 2 aliphatic rings. The lowest BCUT2D eigenvalue weighted by Gasteiger charge is -2.35. The molecule has 0 aromatic heterocycles. The molecule has 116 valence electrons. The van der Waals surface area contributed by atoms with Crippen LogP contribution in [0, 0.1) is 5.92 Å². The van der Waals surface area contributed by atoms with Crippen LogP contribution in [0.1, 0.15) is 31.2 Å². The van der Waals surface area contributed by atoms with Crippen molar-refractivity contribution in [3.05, 3.63) is 23.8 Å². The summed E-state index contributed by atoms with van der Waals surface area (Å²) in [4.78, 5) is 2.52. The number of aromatic hydroxyl groups is 1. The molecular formula is C17H26N2O2. The molecule has 0 spiro atoms. The second-order valence-corrected chi connectivity index (χ2v) is 6.35. The Kier molecular flexibility index (Phi) is 4.66. The summed E-state index contributed by atoms with van der Waals surface area (Å²) in [6, 6.07) is 6.45. The molecule has 4 heteroatoms. The second-order valence-electron chi connectivity index (χ2n) is 6.35. The third kappa shape index (κ3) is 3.50. The lowest BCUT2D eigenvalue weighted by Crippen LogP contribution is -2.43. The Morgan fingerprint density at radius 1 is 1.33 bits per heavy atom. The molecule has 0 bridgehead atoms. The van der Waals surface area contributed by atoms with Crippen LogP contribution in [0.2, 0.25) is 0 Å². The van der Waals surface area contributed by atoms with Crippen molar-refractivity contribution in [1.82, 2.24) is 10.2 Å². The first-order valence-corrected chi connectivity index (χ1v) is 8.08. The number of nitrogens with one attached hydrogen (secondary N) is 1. The van der Waals surface area contributed by atoms with Gasteiger partial charge in [-0.2, -0.15) is 0 Å². The highest BCUT2D eigenvalue weighted by atomic mass is 16.5. The molecule has 2 N–H and O–H groups in total. The van der Waals surface area contributed by atoms with Crippen LogP contribution in [-0.2, 0) is 6.54 Å². The lowest BCUT2D eigenvalue weighted by atomic mass is 9.89. The van der Waals surface area contributed by atoms with Gasteiger partial charge in [0.2, 0.25) is 0 Å². The van der Waals surface area contributed by atoms with Gasteiger partial charge >= 0.3 is 0 Å². The number of phenols is 1. The molecule has 2 unspecified atom stereocenters. The Balaban J connectivity index is 1.60. The monoisotopic (exact) mass is 290 g/mol. The van der Waals surface area contributed by atoms with Crippen molar-refractivity contribution in [2.24, 2.45) is 5.92 Å². The van der Waals surface area contributed by atoms with E-state index >= 15 is 0 Å². The zero-order valence-corrected chi connectivity index (χ0v) is 12.8. The van der Waals surface area contributed by atoms with Crippen molar-refractivity contribution in [1.29, 1.82) is 0 Å². The summed E-state index contributed by atoms with van der Waals surface area (Å²) in [7, 11) is 1.58. The first-order chi connectivity index (χ1) is 10.3. The van der Waals surface area contributed by atoms with Gasteiger partial charge in [0.15, 0.2) is 11.5 Å². The van der Waals surface area contributed by atoms with Crippen molar-refractivity contribution in [3.8, 4) is 11.5 Å². The zero-order valence-electron chi connectivity index (χ0n) is 12.8. The summed E-state index contributed by atoms with van der Waals surface area (Å²) in [6.07, 6.45) is 5.29. The topological polar surface area (TPSA) is 44.7 Å². The van der Waals surface area contributed by atoms with Crippen LogP contribution in [0.5, 0.6) is 11.5 Å². The Hall–Kier alpha value is -1.26. The summed E-state index contributed by atoms with van der Waals surface area (Å²) < 4.78 is 5.10. The average Bonchev–Trinajstić information content (AvgIpc) is 3.02. The third-order valence-corrected chi connectivity index (χ3v) is 4.86. The van der Waals surface area contributed by atoms with Gasteiger partial charge in [0.1, 0.15) is 0 Å². The van der Waals surface area contributed by atoms with Gasteiger partial charge in [0.25, 0.3) is 0 Å². The maximum Gasteiger partial charge on any atom is 0.160 e. The van der Waals surface area contributed by atoms with Gasteiger partial charge in [-0.05, 0) is 62.4 Å². The summed E-state index contributed by atoms with van der Waals surface area (Å²) >= 11 is 0. The van der Waals surface area contributed by atoms with Gasteiger partial charge in [0.05, 0.1) is 7.11 Å².